The number of amides is 1. The Hall–Kier alpha value is -2.29. The minimum Gasteiger partial charge on any atom is -0.391 e. The molecule has 2 aromatic carbocycles. The summed E-state index contributed by atoms with van der Waals surface area (Å²) in [6.07, 6.45) is -0.842. The molecule has 0 aliphatic rings. The van der Waals surface area contributed by atoms with Gasteiger partial charge in [-0.05, 0) is 37.3 Å². The summed E-state index contributed by atoms with van der Waals surface area (Å²) in [5, 5.41) is 11.5. The lowest BCUT2D eigenvalue weighted by molar-refractivity contribution is -0.00684. The maximum Gasteiger partial charge on any atom is 0.277 e. The first kappa shape index (κ1) is 19.0. The van der Waals surface area contributed by atoms with Gasteiger partial charge in [0, 0.05) is 5.02 Å². The van der Waals surface area contributed by atoms with Gasteiger partial charge in [0.25, 0.3) is 5.91 Å². The van der Waals surface area contributed by atoms with Gasteiger partial charge >= 0.3 is 0 Å². The first-order chi connectivity index (χ1) is 11.8. The molecule has 0 spiro atoms. The Labute approximate surface area is 146 Å². The zero-order valence-corrected chi connectivity index (χ0v) is 13.7. The molecule has 0 saturated heterocycles. The fraction of sp³-hybridized carbons (Fsp3) is 0.188. The molecule has 0 fully saturated rings. The SMILES string of the molecule is CC(O)CONC(=O)c1ccc(F)c(F)c1Nc1ccc(Cl)cc1F. The summed E-state index contributed by atoms with van der Waals surface area (Å²) in [7, 11) is 0. The third-order valence-electron chi connectivity index (χ3n) is 3.02. The molecule has 0 aromatic heterocycles. The number of aliphatic hydroxyl groups excluding tert-OH is 1. The van der Waals surface area contributed by atoms with Crippen molar-refractivity contribution >= 4 is 28.9 Å². The Morgan fingerprint density at radius 3 is 2.60 bits per heavy atom. The summed E-state index contributed by atoms with van der Waals surface area (Å²) >= 11 is 5.64. The number of aliphatic hydroxyl groups is 1. The first-order valence-electron chi connectivity index (χ1n) is 7.10. The lowest BCUT2D eigenvalue weighted by Gasteiger charge is -2.14. The summed E-state index contributed by atoms with van der Waals surface area (Å²) < 4.78 is 41.5. The van der Waals surface area contributed by atoms with Crippen LogP contribution >= 0.6 is 11.6 Å². The van der Waals surface area contributed by atoms with Crippen LogP contribution in [0.25, 0.3) is 0 Å². The quantitative estimate of drug-likeness (QED) is 0.676. The molecule has 2 aromatic rings. The highest BCUT2D eigenvalue weighted by Crippen LogP contribution is 2.29. The summed E-state index contributed by atoms with van der Waals surface area (Å²) in [6, 6.07) is 5.30. The van der Waals surface area contributed by atoms with Crippen LogP contribution in [0.5, 0.6) is 0 Å². The van der Waals surface area contributed by atoms with Gasteiger partial charge in [-0.15, -0.1) is 0 Å². The molecule has 1 amide bonds. The Kier molecular flexibility index (Phi) is 6.24. The van der Waals surface area contributed by atoms with E-state index in [-0.39, 0.29) is 22.9 Å². The molecule has 0 aliphatic carbocycles. The molecule has 25 heavy (non-hydrogen) atoms. The summed E-state index contributed by atoms with van der Waals surface area (Å²) in [5.41, 5.74) is 0.892. The van der Waals surface area contributed by atoms with E-state index >= 15 is 0 Å². The number of anilines is 2. The third kappa shape index (κ3) is 4.85. The third-order valence-corrected chi connectivity index (χ3v) is 3.25. The Bertz CT molecular complexity index is 787. The van der Waals surface area contributed by atoms with Crippen molar-refractivity contribution in [3.8, 4) is 0 Å². The van der Waals surface area contributed by atoms with Crippen molar-refractivity contribution in [2.45, 2.75) is 13.0 Å². The van der Waals surface area contributed by atoms with Crippen LogP contribution in [0.15, 0.2) is 30.3 Å². The van der Waals surface area contributed by atoms with E-state index in [1.54, 1.807) is 0 Å². The molecule has 2 rings (SSSR count). The predicted octanol–water partition coefficient (Wildman–Crippen LogP) is 3.54. The van der Waals surface area contributed by atoms with Crippen LogP contribution in [0, 0.1) is 17.5 Å². The van der Waals surface area contributed by atoms with Gasteiger partial charge in [-0.2, -0.15) is 0 Å². The largest absolute Gasteiger partial charge is 0.391 e. The Morgan fingerprint density at radius 2 is 1.96 bits per heavy atom. The summed E-state index contributed by atoms with van der Waals surface area (Å²) in [4.78, 5) is 16.8. The number of halogens is 4. The van der Waals surface area contributed by atoms with Crippen molar-refractivity contribution in [2.75, 3.05) is 11.9 Å². The Morgan fingerprint density at radius 1 is 1.24 bits per heavy atom. The van der Waals surface area contributed by atoms with Crippen molar-refractivity contribution < 1.29 is 27.9 Å². The van der Waals surface area contributed by atoms with Gasteiger partial charge in [-0.3, -0.25) is 9.63 Å². The molecule has 134 valence electrons. The minimum absolute atomic E-state index is 0.118. The van der Waals surface area contributed by atoms with Gasteiger partial charge in [0.05, 0.1) is 23.0 Å². The van der Waals surface area contributed by atoms with Gasteiger partial charge < -0.3 is 10.4 Å². The molecule has 1 atom stereocenters. The number of rotatable bonds is 6. The van der Waals surface area contributed by atoms with E-state index in [9.17, 15) is 18.0 Å². The molecule has 0 radical (unpaired) electrons. The van der Waals surface area contributed by atoms with Crippen LogP contribution in [-0.4, -0.2) is 23.7 Å². The fourth-order valence-corrected chi connectivity index (χ4v) is 2.03. The lowest BCUT2D eigenvalue weighted by Crippen LogP contribution is -2.28. The van der Waals surface area contributed by atoms with Crippen molar-refractivity contribution in [3.05, 3.63) is 58.4 Å². The zero-order chi connectivity index (χ0) is 18.6. The van der Waals surface area contributed by atoms with E-state index < -0.39 is 35.2 Å². The van der Waals surface area contributed by atoms with Crippen LogP contribution < -0.4 is 10.8 Å². The zero-order valence-electron chi connectivity index (χ0n) is 12.9. The number of carbonyl (C=O) groups is 1. The smallest absolute Gasteiger partial charge is 0.277 e. The van der Waals surface area contributed by atoms with E-state index in [0.29, 0.717) is 0 Å². The maximum absolute atomic E-state index is 14.1. The number of hydrogen-bond acceptors (Lipinski definition) is 4. The number of hydrogen-bond donors (Lipinski definition) is 3. The molecule has 5 nitrogen and oxygen atoms in total. The molecule has 0 saturated carbocycles. The predicted molar refractivity (Wildman–Crippen MR) is 86.1 cm³/mol. The van der Waals surface area contributed by atoms with E-state index in [4.69, 9.17) is 21.5 Å². The monoisotopic (exact) mass is 374 g/mol. The van der Waals surface area contributed by atoms with E-state index in [1.807, 2.05) is 5.48 Å². The topological polar surface area (TPSA) is 70.6 Å². The van der Waals surface area contributed by atoms with E-state index in [1.165, 1.54) is 19.1 Å². The molecular formula is C16H14ClF3N2O3. The first-order valence-corrected chi connectivity index (χ1v) is 7.47. The van der Waals surface area contributed by atoms with Crippen LogP contribution in [0.4, 0.5) is 24.5 Å². The standard InChI is InChI=1S/C16H14ClF3N2O3/c1-8(23)7-25-22-16(24)10-3-4-11(18)14(20)15(10)21-13-5-2-9(17)6-12(13)19/h2-6,8,21,23H,7H2,1H3,(H,22,24). The van der Waals surface area contributed by atoms with E-state index in [2.05, 4.69) is 5.32 Å². The van der Waals surface area contributed by atoms with Crippen LogP contribution in [-0.2, 0) is 4.84 Å². The molecule has 9 heteroatoms. The van der Waals surface area contributed by atoms with Crippen molar-refractivity contribution in [3.63, 3.8) is 0 Å². The number of benzene rings is 2. The second-order valence-electron chi connectivity index (χ2n) is 5.12. The van der Waals surface area contributed by atoms with Crippen molar-refractivity contribution in [1.82, 2.24) is 5.48 Å². The molecule has 0 heterocycles. The summed E-state index contributed by atoms with van der Waals surface area (Å²) in [5.74, 6) is -4.31. The molecule has 3 N–H and O–H groups in total. The van der Waals surface area contributed by atoms with Gasteiger partial charge in [0.15, 0.2) is 11.6 Å². The number of nitrogens with one attached hydrogen (secondary N) is 2. The van der Waals surface area contributed by atoms with Crippen LogP contribution in [0.2, 0.25) is 5.02 Å². The molecule has 0 aliphatic heterocycles. The minimum atomic E-state index is -1.36. The second kappa shape index (κ2) is 8.19. The average Bonchev–Trinajstić information content (AvgIpc) is 2.53. The second-order valence-corrected chi connectivity index (χ2v) is 5.56. The molecule has 1 unspecified atom stereocenters. The van der Waals surface area contributed by atoms with E-state index in [0.717, 1.165) is 18.2 Å². The number of carbonyl (C=O) groups excluding carboxylic acids is 1. The van der Waals surface area contributed by atoms with Crippen LogP contribution in [0.3, 0.4) is 0 Å². The normalized spacial score (nSPS) is 11.9. The van der Waals surface area contributed by atoms with Crippen LogP contribution in [0.1, 0.15) is 17.3 Å². The highest BCUT2D eigenvalue weighted by atomic mass is 35.5. The number of hydroxylamine groups is 1. The maximum atomic E-state index is 14.1. The molecule has 0 bridgehead atoms. The lowest BCUT2D eigenvalue weighted by atomic mass is 10.1. The molecular weight excluding hydrogens is 361 g/mol. The van der Waals surface area contributed by atoms with Crippen molar-refractivity contribution in [2.24, 2.45) is 0 Å². The van der Waals surface area contributed by atoms with Gasteiger partial charge in [0.1, 0.15) is 12.4 Å². The fourth-order valence-electron chi connectivity index (χ4n) is 1.87. The van der Waals surface area contributed by atoms with Gasteiger partial charge in [-0.25, -0.2) is 18.7 Å². The average molecular weight is 375 g/mol. The van der Waals surface area contributed by atoms with Gasteiger partial charge in [0.2, 0.25) is 0 Å². The Balaban J connectivity index is 2.32. The highest BCUT2D eigenvalue weighted by Gasteiger charge is 2.20. The van der Waals surface area contributed by atoms with Crippen molar-refractivity contribution in [1.29, 1.82) is 0 Å². The summed E-state index contributed by atoms with van der Waals surface area (Å²) in [6.45, 7) is 1.23. The highest BCUT2D eigenvalue weighted by molar-refractivity contribution is 6.30. The van der Waals surface area contributed by atoms with Gasteiger partial charge in [-0.1, -0.05) is 11.6 Å².